The zero-order valence-electron chi connectivity index (χ0n) is 16.2. The van der Waals surface area contributed by atoms with Gasteiger partial charge in [-0.25, -0.2) is 8.42 Å². The van der Waals surface area contributed by atoms with Crippen molar-refractivity contribution in [2.24, 2.45) is 10.4 Å². The highest BCUT2D eigenvalue weighted by Gasteiger charge is 2.43. The van der Waals surface area contributed by atoms with Crippen LogP contribution in [-0.4, -0.2) is 51.2 Å². The summed E-state index contributed by atoms with van der Waals surface area (Å²) in [7, 11) is -3.08. The summed E-state index contributed by atoms with van der Waals surface area (Å²) in [4.78, 5) is 7.06. The molecule has 1 aliphatic heterocycles. The minimum Gasteiger partial charge on any atom is -0.357 e. The van der Waals surface area contributed by atoms with Crippen molar-refractivity contribution in [1.29, 1.82) is 0 Å². The second-order valence-corrected chi connectivity index (χ2v) is 9.88. The molecule has 0 bridgehead atoms. The van der Waals surface area contributed by atoms with Gasteiger partial charge in [-0.2, -0.15) is 0 Å². The second-order valence-electron chi connectivity index (χ2n) is 7.69. The van der Waals surface area contributed by atoms with Gasteiger partial charge in [0.1, 0.15) is 0 Å². The molecule has 0 unspecified atom stereocenters. The first-order valence-corrected chi connectivity index (χ1v) is 11.6. The van der Waals surface area contributed by atoms with Gasteiger partial charge in [0.05, 0.1) is 11.5 Å². The van der Waals surface area contributed by atoms with Crippen LogP contribution in [0.3, 0.4) is 0 Å². The lowest BCUT2D eigenvalue weighted by Crippen LogP contribution is -2.42. The van der Waals surface area contributed by atoms with Crippen molar-refractivity contribution >= 4 is 39.8 Å². The lowest BCUT2D eigenvalue weighted by Gasteiger charge is -2.38. The predicted molar refractivity (Wildman–Crippen MR) is 122 cm³/mol. The zero-order valence-corrected chi connectivity index (χ0v) is 19.3. The highest BCUT2D eigenvalue weighted by Crippen LogP contribution is 2.47. The monoisotopic (exact) mass is 505 g/mol. The average Bonchev–Trinajstić information content (AvgIpc) is 3.04. The maximum atomic E-state index is 12.3. The van der Waals surface area contributed by atoms with Gasteiger partial charge in [0.15, 0.2) is 15.8 Å². The molecule has 1 aliphatic carbocycles. The number of hydrogen-bond donors (Lipinski definition) is 1. The van der Waals surface area contributed by atoms with E-state index in [0.29, 0.717) is 18.4 Å². The number of guanidine groups is 1. The number of sulfone groups is 1. The second kappa shape index (κ2) is 10.1. The normalized spacial score (nSPS) is 18.9. The van der Waals surface area contributed by atoms with Gasteiger partial charge in [-0.15, -0.1) is 24.0 Å². The summed E-state index contributed by atoms with van der Waals surface area (Å²) >= 11 is 0. The van der Waals surface area contributed by atoms with Crippen LogP contribution in [0.2, 0.25) is 0 Å². The average molecular weight is 505 g/mol. The summed E-state index contributed by atoms with van der Waals surface area (Å²) in [5.74, 6) is 1.26. The molecule has 3 rings (SSSR count). The van der Waals surface area contributed by atoms with Crippen molar-refractivity contribution in [2.75, 3.05) is 31.9 Å². The number of hydrogen-bond acceptors (Lipinski definition) is 3. The Morgan fingerprint density at radius 2 is 1.96 bits per heavy atom. The van der Waals surface area contributed by atoms with E-state index in [4.69, 9.17) is 4.99 Å². The summed E-state index contributed by atoms with van der Waals surface area (Å²) in [5, 5.41) is 3.37. The summed E-state index contributed by atoms with van der Waals surface area (Å²) < 4.78 is 24.6. The van der Waals surface area contributed by atoms with Gasteiger partial charge in [-0.05, 0) is 43.6 Å². The molecule has 1 saturated heterocycles. The molecule has 2 fully saturated rings. The fourth-order valence-corrected chi connectivity index (χ4v) is 5.41. The van der Waals surface area contributed by atoms with Crippen molar-refractivity contribution < 1.29 is 8.42 Å². The number of rotatable bonds is 7. The Morgan fingerprint density at radius 1 is 1.22 bits per heavy atom. The molecule has 5 nitrogen and oxygen atoms in total. The smallest absolute Gasteiger partial charge is 0.193 e. The molecular weight excluding hydrogens is 473 g/mol. The van der Waals surface area contributed by atoms with Gasteiger partial charge in [-0.3, -0.25) is 4.99 Å². The topological polar surface area (TPSA) is 61.8 Å². The fourth-order valence-electron chi connectivity index (χ4n) is 4.00. The lowest BCUT2D eigenvalue weighted by molar-refractivity contribution is 0.151. The van der Waals surface area contributed by atoms with Crippen LogP contribution in [-0.2, 0) is 15.6 Å². The first-order valence-electron chi connectivity index (χ1n) is 9.80. The molecule has 0 amide bonds. The third kappa shape index (κ3) is 6.34. The third-order valence-electron chi connectivity index (χ3n) is 5.59. The number of likely N-dealkylation sites (tertiary alicyclic amines) is 1. The number of halogens is 1. The van der Waals surface area contributed by atoms with Crippen molar-refractivity contribution in [3.8, 4) is 0 Å². The van der Waals surface area contributed by atoms with Gasteiger partial charge in [-0.1, -0.05) is 36.8 Å². The van der Waals surface area contributed by atoms with Crippen LogP contribution in [0.25, 0.3) is 0 Å². The highest BCUT2D eigenvalue weighted by atomic mass is 127. The van der Waals surface area contributed by atoms with Crippen LogP contribution < -0.4 is 5.32 Å². The zero-order chi connectivity index (χ0) is 18.5. The molecule has 1 N–H and O–H groups in total. The van der Waals surface area contributed by atoms with Crippen LogP contribution in [0.1, 0.15) is 44.6 Å². The summed E-state index contributed by atoms with van der Waals surface area (Å²) in [6.45, 7) is 5.65. The molecule has 0 radical (unpaired) electrons. The van der Waals surface area contributed by atoms with E-state index in [0.717, 1.165) is 31.2 Å². The van der Waals surface area contributed by atoms with Crippen LogP contribution in [0.4, 0.5) is 0 Å². The largest absolute Gasteiger partial charge is 0.357 e. The van der Waals surface area contributed by atoms with E-state index < -0.39 is 9.84 Å². The minimum absolute atomic E-state index is 0. The fraction of sp³-hybridized carbons (Fsp3) is 0.650. The SMILES string of the molecule is CCNC(=NCCCS(=O)(=O)Cc1ccccc1)N1CCC2(CCC2)C1.I. The van der Waals surface area contributed by atoms with Crippen LogP contribution in [0.5, 0.6) is 0 Å². The van der Waals surface area contributed by atoms with Crippen LogP contribution in [0.15, 0.2) is 35.3 Å². The van der Waals surface area contributed by atoms with E-state index in [9.17, 15) is 8.42 Å². The first-order chi connectivity index (χ1) is 12.5. The van der Waals surface area contributed by atoms with Gasteiger partial charge in [0, 0.05) is 26.2 Å². The predicted octanol–water partition coefficient (Wildman–Crippen LogP) is 3.45. The van der Waals surface area contributed by atoms with Crippen molar-refractivity contribution in [1.82, 2.24) is 10.2 Å². The quantitative estimate of drug-likeness (QED) is 0.267. The maximum absolute atomic E-state index is 12.3. The Hall–Kier alpha value is -0.830. The Kier molecular flexibility index (Phi) is 8.39. The van der Waals surface area contributed by atoms with Gasteiger partial charge < -0.3 is 10.2 Å². The Morgan fingerprint density at radius 3 is 2.56 bits per heavy atom. The minimum atomic E-state index is -3.08. The van der Waals surface area contributed by atoms with Crippen LogP contribution in [0, 0.1) is 5.41 Å². The number of aliphatic imine (C=N–C) groups is 1. The lowest BCUT2D eigenvalue weighted by atomic mass is 9.68. The molecule has 27 heavy (non-hydrogen) atoms. The number of benzene rings is 1. The van der Waals surface area contributed by atoms with Crippen molar-refractivity contribution in [3.05, 3.63) is 35.9 Å². The Bertz CT molecular complexity index is 718. The molecule has 0 atom stereocenters. The van der Waals surface area contributed by atoms with E-state index >= 15 is 0 Å². The molecular formula is C20H32IN3O2S. The molecule has 1 heterocycles. The number of nitrogens with one attached hydrogen (secondary N) is 1. The van der Waals surface area contributed by atoms with Crippen molar-refractivity contribution in [2.45, 2.75) is 44.8 Å². The van der Waals surface area contributed by atoms with E-state index in [2.05, 4.69) is 17.1 Å². The van der Waals surface area contributed by atoms with E-state index in [-0.39, 0.29) is 35.5 Å². The van der Waals surface area contributed by atoms with Gasteiger partial charge in [0.2, 0.25) is 0 Å². The van der Waals surface area contributed by atoms with Gasteiger partial charge in [0.25, 0.3) is 0 Å². The molecule has 7 heteroatoms. The van der Waals surface area contributed by atoms with Crippen LogP contribution >= 0.6 is 24.0 Å². The third-order valence-corrected chi connectivity index (χ3v) is 7.28. The maximum Gasteiger partial charge on any atom is 0.193 e. The summed E-state index contributed by atoms with van der Waals surface area (Å²) in [6, 6.07) is 9.38. The Balaban J connectivity index is 0.00000261. The van der Waals surface area contributed by atoms with E-state index in [1.807, 2.05) is 30.3 Å². The van der Waals surface area contributed by atoms with Gasteiger partial charge >= 0.3 is 0 Å². The van der Waals surface area contributed by atoms with Crippen molar-refractivity contribution in [3.63, 3.8) is 0 Å². The molecule has 2 aliphatic rings. The molecule has 1 aromatic rings. The standard InChI is InChI=1S/C20H31N3O2S.HI/c1-2-21-19(23-14-12-20(17-23)10-6-11-20)22-13-7-15-26(24,25)16-18-8-4-3-5-9-18;/h3-5,8-9H,2,6-7,10-17H2,1H3,(H,21,22);1H. The van der Waals surface area contributed by atoms with E-state index in [1.54, 1.807) is 0 Å². The number of nitrogens with zero attached hydrogens (tertiary/aromatic N) is 2. The molecule has 0 aromatic heterocycles. The molecule has 1 saturated carbocycles. The summed E-state index contributed by atoms with van der Waals surface area (Å²) in [6.07, 6.45) is 5.90. The first kappa shape index (κ1) is 22.5. The summed E-state index contributed by atoms with van der Waals surface area (Å²) in [5.41, 5.74) is 1.39. The molecule has 1 spiro atoms. The molecule has 1 aromatic carbocycles. The molecule has 152 valence electrons. The van der Waals surface area contributed by atoms with E-state index in [1.165, 1.54) is 25.7 Å². The Labute approximate surface area is 181 Å². The highest BCUT2D eigenvalue weighted by molar-refractivity contribution is 14.0.